The Kier molecular flexibility index (Phi) is 4.13. The third-order valence-electron chi connectivity index (χ3n) is 3.84. The number of halogens is 4. The fraction of sp³-hybridized carbons (Fsp3) is 0.250. The molecule has 2 heterocycles. The van der Waals surface area contributed by atoms with Crippen molar-refractivity contribution in [2.75, 3.05) is 29.9 Å². The second-order valence-electron chi connectivity index (χ2n) is 5.45. The summed E-state index contributed by atoms with van der Waals surface area (Å²) in [5.74, 6) is -0.107. The summed E-state index contributed by atoms with van der Waals surface area (Å²) < 4.78 is 38.7. The summed E-state index contributed by atoms with van der Waals surface area (Å²) in [5.41, 5.74) is -0.163. The Hall–Kier alpha value is -2.28. The number of nitrogens with zero attached hydrogens (tertiary/aromatic N) is 3. The lowest BCUT2D eigenvalue weighted by molar-refractivity contribution is -0.137. The number of anilines is 2. The summed E-state index contributed by atoms with van der Waals surface area (Å²) in [4.78, 5) is 19.6. The number of fused-ring (bicyclic) bond motifs is 1. The molecule has 1 amide bonds. The van der Waals surface area contributed by atoms with Crippen LogP contribution < -0.4 is 9.80 Å². The van der Waals surface area contributed by atoms with E-state index in [4.69, 9.17) is 11.6 Å². The molecule has 1 aliphatic rings. The molecule has 126 valence electrons. The van der Waals surface area contributed by atoms with Crippen LogP contribution >= 0.6 is 11.6 Å². The average Bonchev–Trinajstić information content (AvgIpc) is 2.54. The zero-order valence-corrected chi connectivity index (χ0v) is 13.4. The van der Waals surface area contributed by atoms with Gasteiger partial charge in [0.15, 0.2) is 5.82 Å². The summed E-state index contributed by atoms with van der Waals surface area (Å²) in [6.45, 7) is 0.749. The number of likely N-dealkylation sites (N-methyl/N-ethyl adjacent to an activating group) is 1. The highest BCUT2D eigenvalue weighted by Crippen LogP contribution is 2.37. The quantitative estimate of drug-likeness (QED) is 0.779. The van der Waals surface area contributed by atoms with Crippen molar-refractivity contribution in [3.63, 3.8) is 0 Å². The second-order valence-corrected chi connectivity index (χ2v) is 5.89. The molecule has 8 heteroatoms. The number of carbonyl (C=O) groups excluding carboxylic acids is 1. The van der Waals surface area contributed by atoms with Gasteiger partial charge in [0.25, 0.3) is 5.91 Å². The topological polar surface area (TPSA) is 36.4 Å². The number of rotatable bonds is 1. The van der Waals surface area contributed by atoms with Gasteiger partial charge >= 0.3 is 6.18 Å². The van der Waals surface area contributed by atoms with Gasteiger partial charge in [0, 0.05) is 36.9 Å². The lowest BCUT2D eigenvalue weighted by Crippen LogP contribution is -2.43. The van der Waals surface area contributed by atoms with Gasteiger partial charge in [-0.3, -0.25) is 9.69 Å². The molecule has 0 fully saturated rings. The Bertz CT molecular complexity index is 777. The summed E-state index contributed by atoms with van der Waals surface area (Å²) in [5, 5.41) is 0.498. The molecule has 0 N–H and O–H groups in total. The van der Waals surface area contributed by atoms with Crippen molar-refractivity contribution in [1.82, 2.24) is 4.98 Å². The van der Waals surface area contributed by atoms with Crippen molar-refractivity contribution in [3.8, 4) is 0 Å². The minimum atomic E-state index is -4.48. The van der Waals surface area contributed by atoms with E-state index in [0.717, 1.165) is 12.3 Å². The van der Waals surface area contributed by atoms with Crippen LogP contribution in [0.2, 0.25) is 5.02 Å². The molecule has 1 aromatic heterocycles. The largest absolute Gasteiger partial charge is 0.417 e. The molecule has 0 bridgehead atoms. The Morgan fingerprint density at radius 2 is 1.88 bits per heavy atom. The molecular formula is C16H13ClF3N3O. The Labute approximate surface area is 141 Å². The maximum absolute atomic E-state index is 12.9. The lowest BCUT2D eigenvalue weighted by Gasteiger charge is -2.35. The zero-order chi connectivity index (χ0) is 17.5. The molecule has 0 radical (unpaired) electrons. The van der Waals surface area contributed by atoms with Crippen LogP contribution in [0.4, 0.5) is 24.7 Å². The van der Waals surface area contributed by atoms with Crippen LogP contribution in [0.15, 0.2) is 36.5 Å². The van der Waals surface area contributed by atoms with E-state index in [1.807, 2.05) is 0 Å². The number of alkyl halides is 3. The zero-order valence-electron chi connectivity index (χ0n) is 12.6. The van der Waals surface area contributed by atoms with Crippen LogP contribution in [-0.4, -0.2) is 31.0 Å². The van der Waals surface area contributed by atoms with Crippen LogP contribution in [0.1, 0.15) is 15.9 Å². The van der Waals surface area contributed by atoms with E-state index in [9.17, 15) is 18.0 Å². The van der Waals surface area contributed by atoms with E-state index in [-0.39, 0.29) is 17.4 Å². The molecule has 0 aliphatic carbocycles. The fourth-order valence-corrected chi connectivity index (χ4v) is 2.64. The van der Waals surface area contributed by atoms with Crippen molar-refractivity contribution < 1.29 is 18.0 Å². The standard InChI is InChI=1S/C16H13ClF3N3O/c1-22-6-7-23(15(24)10-2-4-12(17)5-3-10)14-13(22)8-11(9-21-14)16(18,19)20/h2-5,8-9H,6-7H2,1H3. The molecule has 0 saturated carbocycles. The highest BCUT2D eigenvalue weighted by molar-refractivity contribution is 6.30. The van der Waals surface area contributed by atoms with Crippen LogP contribution in [-0.2, 0) is 6.18 Å². The Morgan fingerprint density at radius 3 is 2.50 bits per heavy atom. The van der Waals surface area contributed by atoms with Gasteiger partial charge in [0.2, 0.25) is 0 Å². The second kappa shape index (κ2) is 5.98. The fourth-order valence-electron chi connectivity index (χ4n) is 2.51. The van der Waals surface area contributed by atoms with E-state index in [1.165, 1.54) is 4.90 Å². The number of hydrogen-bond donors (Lipinski definition) is 0. The van der Waals surface area contributed by atoms with Crippen LogP contribution in [0, 0.1) is 0 Å². The normalized spacial score (nSPS) is 14.5. The summed E-state index contributed by atoms with van der Waals surface area (Å²) >= 11 is 5.81. The third-order valence-corrected chi connectivity index (χ3v) is 4.09. The van der Waals surface area contributed by atoms with Gasteiger partial charge in [-0.25, -0.2) is 4.98 Å². The van der Waals surface area contributed by atoms with E-state index < -0.39 is 11.7 Å². The first-order valence-electron chi connectivity index (χ1n) is 7.13. The monoisotopic (exact) mass is 355 g/mol. The van der Waals surface area contributed by atoms with E-state index in [1.54, 1.807) is 36.2 Å². The summed E-state index contributed by atoms with van der Waals surface area (Å²) in [7, 11) is 1.67. The predicted octanol–water partition coefficient (Wildman–Crippen LogP) is 3.85. The average molecular weight is 356 g/mol. The minimum Gasteiger partial charge on any atom is -0.370 e. The lowest BCUT2D eigenvalue weighted by atomic mass is 10.1. The molecule has 3 rings (SSSR count). The van der Waals surface area contributed by atoms with Crippen molar-refractivity contribution >= 4 is 29.0 Å². The highest BCUT2D eigenvalue weighted by atomic mass is 35.5. The first-order valence-corrected chi connectivity index (χ1v) is 7.51. The van der Waals surface area contributed by atoms with Crippen molar-refractivity contribution in [3.05, 3.63) is 52.7 Å². The number of amides is 1. The number of carbonyl (C=O) groups is 1. The molecule has 4 nitrogen and oxygen atoms in total. The molecule has 0 saturated heterocycles. The number of pyridine rings is 1. The molecule has 24 heavy (non-hydrogen) atoms. The van der Waals surface area contributed by atoms with Crippen LogP contribution in [0.5, 0.6) is 0 Å². The van der Waals surface area contributed by atoms with Gasteiger partial charge in [-0.1, -0.05) is 11.6 Å². The van der Waals surface area contributed by atoms with E-state index in [2.05, 4.69) is 4.98 Å². The molecule has 0 spiro atoms. The first kappa shape index (κ1) is 16.6. The van der Waals surface area contributed by atoms with Crippen LogP contribution in [0.3, 0.4) is 0 Å². The molecule has 0 atom stereocenters. The van der Waals surface area contributed by atoms with Gasteiger partial charge in [-0.2, -0.15) is 13.2 Å². The maximum atomic E-state index is 12.9. The van der Waals surface area contributed by atoms with Crippen molar-refractivity contribution in [1.29, 1.82) is 0 Å². The van der Waals surface area contributed by atoms with Crippen molar-refractivity contribution in [2.24, 2.45) is 0 Å². The predicted molar refractivity (Wildman–Crippen MR) is 85.6 cm³/mol. The summed E-state index contributed by atoms with van der Waals surface area (Å²) in [6, 6.07) is 7.35. The molecule has 1 aliphatic heterocycles. The minimum absolute atomic E-state index is 0.219. The number of hydrogen-bond acceptors (Lipinski definition) is 3. The molecule has 1 aromatic carbocycles. The number of aromatic nitrogens is 1. The van der Waals surface area contributed by atoms with Gasteiger partial charge in [0.05, 0.1) is 11.3 Å². The van der Waals surface area contributed by atoms with Gasteiger partial charge in [-0.15, -0.1) is 0 Å². The number of benzene rings is 1. The molecule has 2 aromatic rings. The van der Waals surface area contributed by atoms with Gasteiger partial charge < -0.3 is 4.90 Å². The van der Waals surface area contributed by atoms with Crippen molar-refractivity contribution in [2.45, 2.75) is 6.18 Å². The first-order chi connectivity index (χ1) is 11.3. The van der Waals surface area contributed by atoms with Gasteiger partial charge in [0.1, 0.15) is 0 Å². The van der Waals surface area contributed by atoms with E-state index >= 15 is 0 Å². The Morgan fingerprint density at radius 1 is 1.21 bits per heavy atom. The highest BCUT2D eigenvalue weighted by Gasteiger charge is 2.34. The molecule has 0 unspecified atom stereocenters. The Balaban J connectivity index is 2.00. The van der Waals surface area contributed by atoms with Crippen LogP contribution in [0.25, 0.3) is 0 Å². The maximum Gasteiger partial charge on any atom is 0.417 e. The third kappa shape index (κ3) is 3.03. The van der Waals surface area contributed by atoms with E-state index in [0.29, 0.717) is 23.7 Å². The van der Waals surface area contributed by atoms with Gasteiger partial charge in [-0.05, 0) is 30.3 Å². The summed E-state index contributed by atoms with van der Waals surface area (Å²) in [6.07, 6.45) is -3.73. The molecular weight excluding hydrogens is 343 g/mol. The SMILES string of the molecule is CN1CCN(C(=O)c2ccc(Cl)cc2)c2ncc(C(F)(F)F)cc21. The smallest absolute Gasteiger partial charge is 0.370 e.